The van der Waals surface area contributed by atoms with Crippen molar-refractivity contribution in [2.75, 3.05) is 37.3 Å². The van der Waals surface area contributed by atoms with E-state index in [9.17, 15) is 4.21 Å². The van der Waals surface area contributed by atoms with E-state index in [2.05, 4.69) is 44.8 Å². The van der Waals surface area contributed by atoms with Crippen LogP contribution in [0, 0.1) is 0 Å². The Labute approximate surface area is 158 Å². The molecule has 0 aliphatic carbocycles. The lowest BCUT2D eigenvalue weighted by Gasteiger charge is -2.20. The zero-order valence-electron chi connectivity index (χ0n) is 15.1. The third-order valence-corrected chi connectivity index (χ3v) is 5.83. The van der Waals surface area contributed by atoms with Crippen molar-refractivity contribution in [3.05, 3.63) is 60.7 Å². The van der Waals surface area contributed by atoms with E-state index in [1.165, 1.54) is 5.69 Å². The quantitative estimate of drug-likeness (QED) is 0.605. The average Bonchev–Trinajstić information content (AvgIpc) is 3.17. The van der Waals surface area contributed by atoms with Gasteiger partial charge >= 0.3 is 0 Å². The number of para-hydroxylation sites is 1. The SMILES string of the molecule is CN=C(NCCS(=O)c1ccccc1)NC1CCN(c2ccccc2)C1. The molecule has 0 bridgehead atoms. The van der Waals surface area contributed by atoms with E-state index < -0.39 is 10.8 Å². The summed E-state index contributed by atoms with van der Waals surface area (Å²) in [7, 11) is 0.781. The summed E-state index contributed by atoms with van der Waals surface area (Å²) in [6.45, 7) is 2.62. The summed E-state index contributed by atoms with van der Waals surface area (Å²) >= 11 is 0. The summed E-state index contributed by atoms with van der Waals surface area (Å²) in [5.41, 5.74) is 1.26. The lowest BCUT2D eigenvalue weighted by molar-refractivity contribution is 0.650. The minimum Gasteiger partial charge on any atom is -0.369 e. The van der Waals surface area contributed by atoms with Crippen LogP contribution in [0.2, 0.25) is 0 Å². The van der Waals surface area contributed by atoms with Crippen molar-refractivity contribution < 1.29 is 4.21 Å². The molecule has 0 aromatic heterocycles. The van der Waals surface area contributed by atoms with Gasteiger partial charge in [-0.2, -0.15) is 0 Å². The van der Waals surface area contributed by atoms with Crippen LogP contribution in [0.5, 0.6) is 0 Å². The monoisotopic (exact) mass is 370 g/mol. The van der Waals surface area contributed by atoms with Crippen LogP contribution in [0.3, 0.4) is 0 Å². The summed E-state index contributed by atoms with van der Waals surface area (Å²) < 4.78 is 12.3. The highest BCUT2D eigenvalue weighted by molar-refractivity contribution is 7.85. The van der Waals surface area contributed by atoms with Crippen LogP contribution in [-0.4, -0.2) is 48.6 Å². The maximum atomic E-state index is 12.3. The van der Waals surface area contributed by atoms with Crippen LogP contribution in [0.1, 0.15) is 6.42 Å². The van der Waals surface area contributed by atoms with Crippen molar-refractivity contribution in [2.45, 2.75) is 17.4 Å². The molecule has 0 amide bonds. The molecule has 3 rings (SSSR count). The van der Waals surface area contributed by atoms with Crippen LogP contribution in [0.15, 0.2) is 70.6 Å². The molecule has 2 atom stereocenters. The van der Waals surface area contributed by atoms with Crippen LogP contribution >= 0.6 is 0 Å². The second-order valence-corrected chi connectivity index (χ2v) is 7.84. The molecule has 0 spiro atoms. The van der Waals surface area contributed by atoms with E-state index in [4.69, 9.17) is 0 Å². The van der Waals surface area contributed by atoms with Crippen molar-refractivity contribution in [1.82, 2.24) is 10.6 Å². The number of hydrogen-bond donors (Lipinski definition) is 2. The summed E-state index contributed by atoms with van der Waals surface area (Å²) in [4.78, 5) is 7.55. The Balaban J connectivity index is 1.43. The molecule has 1 aliphatic heterocycles. The minimum atomic E-state index is -0.990. The molecule has 1 heterocycles. The maximum absolute atomic E-state index is 12.3. The average molecular weight is 371 g/mol. The molecule has 2 unspecified atom stereocenters. The Morgan fingerprint density at radius 2 is 1.85 bits per heavy atom. The van der Waals surface area contributed by atoms with Gasteiger partial charge in [0.25, 0.3) is 0 Å². The second-order valence-electron chi connectivity index (χ2n) is 6.27. The van der Waals surface area contributed by atoms with Crippen molar-refractivity contribution in [3.63, 3.8) is 0 Å². The fraction of sp³-hybridized carbons (Fsp3) is 0.350. The van der Waals surface area contributed by atoms with Crippen LogP contribution in [0.25, 0.3) is 0 Å². The molecule has 2 aromatic rings. The molecular weight excluding hydrogens is 344 g/mol. The van der Waals surface area contributed by atoms with Crippen molar-refractivity contribution in [3.8, 4) is 0 Å². The molecule has 2 aromatic carbocycles. The molecule has 138 valence electrons. The first-order valence-electron chi connectivity index (χ1n) is 8.97. The van der Waals surface area contributed by atoms with E-state index in [-0.39, 0.29) is 0 Å². The van der Waals surface area contributed by atoms with Gasteiger partial charge < -0.3 is 15.5 Å². The predicted molar refractivity (Wildman–Crippen MR) is 109 cm³/mol. The van der Waals surface area contributed by atoms with E-state index in [1.54, 1.807) is 7.05 Å². The lowest BCUT2D eigenvalue weighted by Crippen LogP contribution is -2.45. The molecule has 0 saturated carbocycles. The Hall–Kier alpha value is -2.34. The molecule has 1 fully saturated rings. The Bertz CT molecular complexity index is 736. The summed E-state index contributed by atoms with van der Waals surface area (Å²) in [6, 6.07) is 20.4. The van der Waals surface area contributed by atoms with Gasteiger partial charge in [-0.1, -0.05) is 36.4 Å². The number of anilines is 1. The number of rotatable bonds is 6. The molecule has 2 N–H and O–H groups in total. The number of nitrogens with zero attached hydrogens (tertiary/aromatic N) is 2. The lowest BCUT2D eigenvalue weighted by atomic mass is 10.3. The Morgan fingerprint density at radius 3 is 2.54 bits per heavy atom. The normalized spacial score (nSPS) is 18.6. The Morgan fingerprint density at radius 1 is 1.15 bits per heavy atom. The predicted octanol–water partition coefficient (Wildman–Crippen LogP) is 2.24. The minimum absolute atomic E-state index is 0.362. The van der Waals surface area contributed by atoms with Gasteiger partial charge in [0.05, 0.1) is 10.8 Å². The molecular formula is C20H26N4OS. The summed E-state index contributed by atoms with van der Waals surface area (Å²) in [6.07, 6.45) is 1.07. The summed E-state index contributed by atoms with van der Waals surface area (Å²) in [5, 5.41) is 6.76. The second kappa shape index (κ2) is 9.38. The maximum Gasteiger partial charge on any atom is 0.191 e. The van der Waals surface area contributed by atoms with Gasteiger partial charge in [0.15, 0.2) is 5.96 Å². The first kappa shape index (κ1) is 18.5. The molecule has 1 saturated heterocycles. The number of hydrogen-bond acceptors (Lipinski definition) is 3. The topological polar surface area (TPSA) is 56.7 Å². The third-order valence-electron chi connectivity index (χ3n) is 4.46. The highest BCUT2D eigenvalue weighted by Crippen LogP contribution is 2.19. The summed E-state index contributed by atoms with van der Waals surface area (Å²) in [5.74, 6) is 1.33. The fourth-order valence-corrected chi connectivity index (χ4v) is 4.08. The number of guanidine groups is 1. The van der Waals surface area contributed by atoms with Crippen molar-refractivity contribution in [1.29, 1.82) is 0 Å². The first-order valence-corrected chi connectivity index (χ1v) is 10.3. The van der Waals surface area contributed by atoms with E-state index in [0.717, 1.165) is 30.4 Å². The molecule has 6 heteroatoms. The van der Waals surface area contributed by atoms with Gasteiger partial charge in [0.2, 0.25) is 0 Å². The molecule has 5 nitrogen and oxygen atoms in total. The van der Waals surface area contributed by atoms with Gasteiger partial charge in [-0.15, -0.1) is 0 Å². The van der Waals surface area contributed by atoms with Gasteiger partial charge in [0, 0.05) is 49.1 Å². The van der Waals surface area contributed by atoms with Crippen LogP contribution in [-0.2, 0) is 10.8 Å². The Kier molecular flexibility index (Phi) is 6.66. The van der Waals surface area contributed by atoms with E-state index >= 15 is 0 Å². The standard InChI is InChI=1S/C20H26N4OS/c1-21-20(22-13-15-26(25)19-10-6-3-7-11-19)23-17-12-14-24(16-17)18-8-4-2-5-9-18/h2-11,17H,12-16H2,1H3,(H2,21,22,23). The largest absolute Gasteiger partial charge is 0.369 e. The van der Waals surface area contributed by atoms with E-state index in [1.807, 2.05) is 36.4 Å². The molecule has 1 aliphatic rings. The van der Waals surface area contributed by atoms with E-state index in [0.29, 0.717) is 18.3 Å². The number of aliphatic imine (C=N–C) groups is 1. The molecule has 26 heavy (non-hydrogen) atoms. The van der Waals surface area contributed by atoms with Crippen molar-refractivity contribution >= 4 is 22.4 Å². The van der Waals surface area contributed by atoms with Gasteiger partial charge in [0.1, 0.15) is 0 Å². The third kappa shape index (κ3) is 5.08. The highest BCUT2D eigenvalue weighted by Gasteiger charge is 2.23. The van der Waals surface area contributed by atoms with Crippen LogP contribution in [0.4, 0.5) is 5.69 Å². The zero-order chi connectivity index (χ0) is 18.2. The first-order chi connectivity index (χ1) is 12.8. The smallest absolute Gasteiger partial charge is 0.191 e. The highest BCUT2D eigenvalue weighted by atomic mass is 32.2. The number of benzene rings is 2. The van der Waals surface area contributed by atoms with Gasteiger partial charge in [-0.3, -0.25) is 9.20 Å². The fourth-order valence-electron chi connectivity index (χ4n) is 3.09. The van der Waals surface area contributed by atoms with Gasteiger partial charge in [-0.25, -0.2) is 0 Å². The number of nitrogens with one attached hydrogen (secondary N) is 2. The molecule has 0 radical (unpaired) electrons. The van der Waals surface area contributed by atoms with Crippen LogP contribution < -0.4 is 15.5 Å². The van der Waals surface area contributed by atoms with Crippen molar-refractivity contribution in [2.24, 2.45) is 4.99 Å². The zero-order valence-corrected chi connectivity index (χ0v) is 15.9. The van der Waals surface area contributed by atoms with Gasteiger partial charge in [-0.05, 0) is 30.7 Å².